The van der Waals surface area contributed by atoms with Gasteiger partial charge in [0.15, 0.2) is 6.20 Å². The summed E-state index contributed by atoms with van der Waals surface area (Å²) >= 11 is 0. The molecule has 0 bridgehead atoms. The maximum Gasteiger partial charge on any atom is 0.220 e. The Kier molecular flexibility index (Phi) is 4.79. The lowest BCUT2D eigenvalue weighted by Crippen LogP contribution is -2.31. The van der Waals surface area contributed by atoms with Gasteiger partial charge in [0.25, 0.3) is 0 Å². The highest BCUT2D eigenvalue weighted by Crippen LogP contribution is 2.36. The third kappa shape index (κ3) is 3.22. The number of aromatic nitrogens is 2. The highest BCUT2D eigenvalue weighted by atomic mass is 14.9. The minimum Gasteiger partial charge on any atom is -0.264 e. The minimum absolute atomic E-state index is 1.18. The summed E-state index contributed by atoms with van der Waals surface area (Å²) in [6.07, 6.45) is 5.92. The third-order valence-electron chi connectivity index (χ3n) is 5.36. The molecule has 2 nitrogen and oxygen atoms in total. The third-order valence-corrected chi connectivity index (χ3v) is 5.36. The molecular weight excluding hydrogens is 340 g/mol. The first-order valence-corrected chi connectivity index (χ1v) is 9.63. The summed E-state index contributed by atoms with van der Waals surface area (Å²) in [6.45, 7) is 6.55. The van der Waals surface area contributed by atoms with E-state index in [1.165, 1.54) is 50.2 Å². The van der Waals surface area contributed by atoms with Gasteiger partial charge in [-0.15, -0.1) is 0 Å². The zero-order valence-electron chi connectivity index (χ0n) is 16.9. The molecule has 4 rings (SSSR count). The van der Waals surface area contributed by atoms with Crippen molar-refractivity contribution < 1.29 is 4.57 Å². The fourth-order valence-electron chi connectivity index (χ4n) is 4.07. The number of aryl methyl sites for hydroxylation is 4. The van der Waals surface area contributed by atoms with E-state index in [-0.39, 0.29) is 0 Å². The molecule has 0 fully saturated rings. The van der Waals surface area contributed by atoms with Crippen LogP contribution in [-0.2, 0) is 7.05 Å². The van der Waals surface area contributed by atoms with E-state index in [0.717, 1.165) is 0 Å². The molecule has 138 valence electrons. The van der Waals surface area contributed by atoms with Crippen LogP contribution in [0.2, 0.25) is 0 Å². The van der Waals surface area contributed by atoms with Crippen molar-refractivity contribution >= 4 is 0 Å². The van der Waals surface area contributed by atoms with Crippen molar-refractivity contribution in [1.82, 2.24) is 4.98 Å². The minimum atomic E-state index is 1.18. The van der Waals surface area contributed by atoms with E-state index in [1.54, 1.807) is 0 Å². The van der Waals surface area contributed by atoms with E-state index < -0.39 is 0 Å². The van der Waals surface area contributed by atoms with Gasteiger partial charge in [0, 0.05) is 18.5 Å². The molecular formula is C26H25N2+. The first-order chi connectivity index (χ1) is 13.6. The normalized spacial score (nSPS) is 10.9. The van der Waals surface area contributed by atoms with Crippen molar-refractivity contribution in [3.8, 4) is 33.5 Å². The van der Waals surface area contributed by atoms with Crippen molar-refractivity contribution in [3.05, 3.63) is 95.9 Å². The van der Waals surface area contributed by atoms with Gasteiger partial charge in [0.05, 0.1) is 11.1 Å². The quantitative estimate of drug-likeness (QED) is 0.417. The summed E-state index contributed by atoms with van der Waals surface area (Å²) in [5.41, 5.74) is 11.3. The lowest BCUT2D eigenvalue weighted by molar-refractivity contribution is -0.660. The lowest BCUT2D eigenvalue weighted by Gasteiger charge is -2.16. The van der Waals surface area contributed by atoms with Crippen molar-refractivity contribution in [1.29, 1.82) is 0 Å². The van der Waals surface area contributed by atoms with Crippen molar-refractivity contribution in [3.63, 3.8) is 0 Å². The van der Waals surface area contributed by atoms with Gasteiger partial charge < -0.3 is 0 Å². The Morgan fingerprint density at radius 2 is 1.43 bits per heavy atom. The molecule has 2 heterocycles. The van der Waals surface area contributed by atoms with Gasteiger partial charge in [-0.1, -0.05) is 42.5 Å². The predicted octanol–water partition coefficient (Wildman–Crippen LogP) is 5.83. The molecule has 0 spiro atoms. The standard InChI is InChI=1S/C26H25N2/c1-18-15-22(21-9-6-5-7-10-21)16-19(2)25(18)24-11-8-14-28(4)26(24)23-12-13-27-17-20(23)3/h5-17H,1-4H3/q+1. The molecule has 4 aromatic rings. The Morgan fingerprint density at radius 3 is 2.11 bits per heavy atom. The monoisotopic (exact) mass is 365 g/mol. The zero-order chi connectivity index (χ0) is 19.7. The molecule has 0 aliphatic carbocycles. The van der Waals surface area contributed by atoms with E-state index in [4.69, 9.17) is 0 Å². The molecule has 28 heavy (non-hydrogen) atoms. The van der Waals surface area contributed by atoms with Crippen LogP contribution < -0.4 is 4.57 Å². The number of nitrogens with zero attached hydrogens (tertiary/aromatic N) is 2. The molecule has 0 aliphatic heterocycles. The smallest absolute Gasteiger partial charge is 0.220 e. The SMILES string of the molecule is Cc1cnccc1-c1c(-c2c(C)cc(-c3ccccc3)cc2C)ccc[n+]1C. The summed E-state index contributed by atoms with van der Waals surface area (Å²) in [7, 11) is 2.11. The molecule has 0 saturated carbocycles. The van der Waals surface area contributed by atoms with Crippen molar-refractivity contribution in [2.45, 2.75) is 20.8 Å². The van der Waals surface area contributed by atoms with Gasteiger partial charge in [-0.25, -0.2) is 4.57 Å². The molecule has 0 amide bonds. The van der Waals surface area contributed by atoms with Crippen molar-refractivity contribution in [2.24, 2.45) is 7.05 Å². The fraction of sp³-hybridized carbons (Fsp3) is 0.154. The van der Waals surface area contributed by atoms with Crippen LogP contribution in [-0.4, -0.2) is 4.98 Å². The van der Waals surface area contributed by atoms with Crippen LogP contribution in [0.4, 0.5) is 0 Å². The van der Waals surface area contributed by atoms with Gasteiger partial charge in [-0.2, -0.15) is 0 Å². The predicted molar refractivity (Wildman–Crippen MR) is 116 cm³/mol. The molecule has 0 atom stereocenters. The number of rotatable bonds is 3. The first-order valence-electron chi connectivity index (χ1n) is 9.63. The van der Waals surface area contributed by atoms with Gasteiger partial charge in [-0.3, -0.25) is 4.98 Å². The number of pyridine rings is 2. The maximum atomic E-state index is 4.27. The van der Waals surface area contributed by atoms with Gasteiger partial charge in [0.2, 0.25) is 5.69 Å². The molecule has 0 unspecified atom stereocenters. The van der Waals surface area contributed by atoms with E-state index in [2.05, 4.69) is 104 Å². The molecule has 2 aromatic heterocycles. The molecule has 0 saturated heterocycles. The van der Waals surface area contributed by atoms with Crippen LogP contribution in [0.15, 0.2) is 79.3 Å². The van der Waals surface area contributed by atoms with Crippen LogP contribution in [0.1, 0.15) is 16.7 Å². The van der Waals surface area contributed by atoms with Gasteiger partial charge in [-0.05, 0) is 66.3 Å². The Hall–Kier alpha value is -3.26. The lowest BCUT2D eigenvalue weighted by atomic mass is 9.89. The highest BCUT2D eigenvalue weighted by molar-refractivity contribution is 5.85. The number of hydrogen-bond donors (Lipinski definition) is 0. The Morgan fingerprint density at radius 1 is 0.714 bits per heavy atom. The summed E-state index contributed by atoms with van der Waals surface area (Å²) in [5.74, 6) is 0. The topological polar surface area (TPSA) is 16.8 Å². The summed E-state index contributed by atoms with van der Waals surface area (Å²) < 4.78 is 2.21. The molecule has 2 heteroatoms. The number of benzene rings is 2. The van der Waals surface area contributed by atoms with Crippen LogP contribution in [0.25, 0.3) is 33.5 Å². The summed E-state index contributed by atoms with van der Waals surface area (Å²) in [4.78, 5) is 4.27. The second kappa shape index (κ2) is 7.40. The fourth-order valence-corrected chi connectivity index (χ4v) is 4.07. The second-order valence-corrected chi connectivity index (χ2v) is 7.42. The average molecular weight is 366 g/mol. The van der Waals surface area contributed by atoms with Crippen LogP contribution in [0.3, 0.4) is 0 Å². The highest BCUT2D eigenvalue weighted by Gasteiger charge is 2.21. The van der Waals surface area contributed by atoms with Crippen LogP contribution in [0, 0.1) is 20.8 Å². The average Bonchev–Trinajstić information content (AvgIpc) is 2.69. The maximum absolute atomic E-state index is 4.27. The van der Waals surface area contributed by atoms with Crippen LogP contribution in [0.5, 0.6) is 0 Å². The Labute approximate surface area is 167 Å². The largest absolute Gasteiger partial charge is 0.264 e. The van der Waals surface area contributed by atoms with E-state index in [0.29, 0.717) is 0 Å². The van der Waals surface area contributed by atoms with E-state index >= 15 is 0 Å². The van der Waals surface area contributed by atoms with Crippen molar-refractivity contribution in [2.75, 3.05) is 0 Å². The molecule has 0 N–H and O–H groups in total. The molecule has 0 aliphatic rings. The summed E-state index contributed by atoms with van der Waals surface area (Å²) in [5, 5.41) is 0. The zero-order valence-corrected chi connectivity index (χ0v) is 16.9. The first kappa shape index (κ1) is 18.1. The van der Waals surface area contributed by atoms with Gasteiger partial charge >= 0.3 is 0 Å². The Bertz CT molecular complexity index is 1120. The van der Waals surface area contributed by atoms with Crippen LogP contribution >= 0.6 is 0 Å². The number of hydrogen-bond acceptors (Lipinski definition) is 1. The van der Waals surface area contributed by atoms with E-state index in [9.17, 15) is 0 Å². The summed E-state index contributed by atoms with van der Waals surface area (Å²) in [6, 6.07) is 21.6. The molecule has 0 radical (unpaired) electrons. The second-order valence-electron chi connectivity index (χ2n) is 7.42. The molecule has 2 aromatic carbocycles. The van der Waals surface area contributed by atoms with Gasteiger partial charge in [0.1, 0.15) is 7.05 Å². The Balaban J connectivity index is 1.94. The van der Waals surface area contributed by atoms with E-state index in [1.807, 2.05) is 12.4 Å².